The van der Waals surface area contributed by atoms with Crippen LogP contribution in [0, 0.1) is 0 Å². The average Bonchev–Trinajstić information content (AvgIpc) is 2.99. The van der Waals surface area contributed by atoms with Gasteiger partial charge >= 0.3 is 0 Å². The van der Waals surface area contributed by atoms with Gasteiger partial charge < -0.3 is 4.98 Å². The monoisotopic (exact) mass is 361 g/mol. The maximum absolute atomic E-state index is 12.2. The van der Waals surface area contributed by atoms with Crippen LogP contribution in [0.3, 0.4) is 0 Å². The number of amides is 2. The van der Waals surface area contributed by atoms with Crippen molar-refractivity contribution in [3.8, 4) is 0 Å². The molecular weight excluding hydrogens is 349 g/mol. The van der Waals surface area contributed by atoms with Crippen molar-refractivity contribution in [2.24, 2.45) is 0 Å². The maximum atomic E-state index is 12.2. The number of benzene rings is 2. The Morgan fingerprint density at radius 2 is 1.83 bits per heavy atom. The normalized spacial score (nSPS) is 10.6. The zero-order valence-electron chi connectivity index (χ0n) is 12.4. The molecule has 0 fully saturated rings. The summed E-state index contributed by atoms with van der Waals surface area (Å²) in [6.45, 7) is 0. The van der Waals surface area contributed by atoms with E-state index in [2.05, 4.69) is 15.8 Å². The second-order valence-electron chi connectivity index (χ2n) is 5.16. The fourth-order valence-electron chi connectivity index (χ4n) is 2.34. The van der Waals surface area contributed by atoms with Crippen LogP contribution in [0.15, 0.2) is 48.7 Å². The molecule has 2 aromatic carbocycles. The predicted octanol–water partition coefficient (Wildman–Crippen LogP) is 3.48. The summed E-state index contributed by atoms with van der Waals surface area (Å²) in [6, 6.07) is 12.3. The summed E-state index contributed by atoms with van der Waals surface area (Å²) >= 11 is 11.8. The Morgan fingerprint density at radius 1 is 1.04 bits per heavy atom. The van der Waals surface area contributed by atoms with Gasteiger partial charge in [-0.1, -0.05) is 47.5 Å². The number of carbonyl (C=O) groups is 2. The Labute approximate surface area is 147 Å². The number of hydrogen-bond donors (Lipinski definition) is 3. The molecule has 3 aromatic rings. The lowest BCUT2D eigenvalue weighted by atomic mass is 10.1. The molecule has 0 aliphatic carbocycles. The van der Waals surface area contributed by atoms with E-state index >= 15 is 0 Å². The lowest BCUT2D eigenvalue weighted by Crippen LogP contribution is -2.42. The van der Waals surface area contributed by atoms with Gasteiger partial charge in [-0.2, -0.15) is 0 Å². The number of carbonyl (C=O) groups excluding carboxylic acids is 2. The second kappa shape index (κ2) is 6.95. The minimum atomic E-state index is -0.400. The molecule has 0 saturated carbocycles. The molecule has 0 spiro atoms. The third-order valence-corrected chi connectivity index (χ3v) is 4.10. The molecular formula is C17H13Cl2N3O2. The highest BCUT2D eigenvalue weighted by atomic mass is 35.5. The Kier molecular flexibility index (Phi) is 4.74. The van der Waals surface area contributed by atoms with Crippen LogP contribution >= 0.6 is 23.2 Å². The van der Waals surface area contributed by atoms with Crippen LogP contribution in [0.1, 0.15) is 15.9 Å². The number of rotatable bonds is 3. The van der Waals surface area contributed by atoms with E-state index in [9.17, 15) is 9.59 Å². The Morgan fingerprint density at radius 3 is 2.62 bits per heavy atom. The summed E-state index contributed by atoms with van der Waals surface area (Å²) in [5.74, 6) is -0.782. The summed E-state index contributed by atoms with van der Waals surface area (Å²) in [7, 11) is 0. The van der Waals surface area contributed by atoms with Gasteiger partial charge in [-0.05, 0) is 23.8 Å². The number of H-pyrrole nitrogens is 1. The predicted molar refractivity (Wildman–Crippen MR) is 94.1 cm³/mol. The van der Waals surface area contributed by atoms with Gasteiger partial charge in [0.2, 0.25) is 5.91 Å². The highest BCUT2D eigenvalue weighted by Crippen LogP contribution is 2.21. The first-order valence-corrected chi connectivity index (χ1v) is 7.89. The van der Waals surface area contributed by atoms with Crippen LogP contribution in [0.5, 0.6) is 0 Å². The van der Waals surface area contributed by atoms with E-state index in [1.165, 1.54) is 0 Å². The van der Waals surface area contributed by atoms with Crippen molar-refractivity contribution in [3.05, 3.63) is 69.8 Å². The molecule has 1 heterocycles. The van der Waals surface area contributed by atoms with Gasteiger partial charge in [0.15, 0.2) is 0 Å². The zero-order chi connectivity index (χ0) is 17.1. The molecule has 122 valence electrons. The third kappa shape index (κ3) is 3.53. The average molecular weight is 362 g/mol. The van der Waals surface area contributed by atoms with Gasteiger partial charge in [-0.3, -0.25) is 20.4 Å². The number of halogens is 2. The van der Waals surface area contributed by atoms with E-state index in [1.807, 2.05) is 24.3 Å². The lowest BCUT2D eigenvalue weighted by molar-refractivity contribution is -0.121. The van der Waals surface area contributed by atoms with Crippen molar-refractivity contribution in [1.82, 2.24) is 15.8 Å². The van der Waals surface area contributed by atoms with Crippen LogP contribution in [0.2, 0.25) is 10.0 Å². The second-order valence-corrected chi connectivity index (χ2v) is 6.01. The number of aromatic nitrogens is 1. The number of hydrogen-bond acceptors (Lipinski definition) is 2. The first kappa shape index (κ1) is 16.4. The van der Waals surface area contributed by atoms with E-state index < -0.39 is 5.91 Å². The number of para-hydroxylation sites is 1. The smallest absolute Gasteiger partial charge is 0.271 e. The quantitative estimate of drug-likeness (QED) is 0.624. The van der Waals surface area contributed by atoms with Gasteiger partial charge in [-0.25, -0.2) is 0 Å². The minimum Gasteiger partial charge on any atom is -0.360 e. The Hall–Kier alpha value is -2.50. The standard InChI is InChI=1S/C17H13Cl2N3O2/c18-11-6-5-10(14(19)8-11)7-16(23)21-22-17(24)13-9-20-15-4-2-1-3-12(13)15/h1-6,8-9,20H,7H2,(H,21,23)(H,22,24). The molecule has 0 aliphatic rings. The molecule has 0 atom stereocenters. The van der Waals surface area contributed by atoms with Crippen LogP contribution in [-0.2, 0) is 11.2 Å². The molecule has 2 amide bonds. The summed E-state index contributed by atoms with van der Waals surface area (Å²) in [5.41, 5.74) is 6.71. The summed E-state index contributed by atoms with van der Waals surface area (Å²) in [5, 5.41) is 1.68. The van der Waals surface area contributed by atoms with E-state index in [1.54, 1.807) is 24.4 Å². The molecule has 0 aliphatic heterocycles. The zero-order valence-corrected chi connectivity index (χ0v) is 13.9. The van der Waals surface area contributed by atoms with Crippen molar-refractivity contribution >= 4 is 45.9 Å². The summed E-state index contributed by atoms with van der Waals surface area (Å²) < 4.78 is 0. The largest absolute Gasteiger partial charge is 0.360 e. The molecule has 7 heteroatoms. The van der Waals surface area contributed by atoms with Crippen molar-refractivity contribution in [2.45, 2.75) is 6.42 Å². The molecule has 24 heavy (non-hydrogen) atoms. The SMILES string of the molecule is O=C(Cc1ccc(Cl)cc1Cl)NNC(=O)c1c[nH]c2ccccc12. The highest BCUT2D eigenvalue weighted by molar-refractivity contribution is 6.35. The number of aromatic amines is 1. The first-order chi connectivity index (χ1) is 11.5. The Balaban J connectivity index is 1.62. The van der Waals surface area contributed by atoms with Crippen molar-refractivity contribution in [2.75, 3.05) is 0 Å². The fourth-order valence-corrected chi connectivity index (χ4v) is 2.81. The molecule has 5 nitrogen and oxygen atoms in total. The van der Waals surface area contributed by atoms with E-state index in [0.29, 0.717) is 21.2 Å². The summed E-state index contributed by atoms with van der Waals surface area (Å²) in [4.78, 5) is 27.2. The van der Waals surface area contributed by atoms with E-state index in [4.69, 9.17) is 23.2 Å². The maximum Gasteiger partial charge on any atom is 0.271 e. The highest BCUT2D eigenvalue weighted by Gasteiger charge is 2.13. The van der Waals surface area contributed by atoms with Gasteiger partial charge in [0.1, 0.15) is 0 Å². The van der Waals surface area contributed by atoms with Crippen LogP contribution in [0.4, 0.5) is 0 Å². The lowest BCUT2D eigenvalue weighted by Gasteiger charge is -2.08. The number of nitrogens with one attached hydrogen (secondary N) is 3. The van der Waals surface area contributed by atoms with Crippen molar-refractivity contribution < 1.29 is 9.59 Å². The topological polar surface area (TPSA) is 74.0 Å². The van der Waals surface area contributed by atoms with Gasteiger partial charge in [-0.15, -0.1) is 0 Å². The minimum absolute atomic E-state index is 0.0319. The molecule has 0 radical (unpaired) electrons. The van der Waals surface area contributed by atoms with Crippen LogP contribution in [0.25, 0.3) is 10.9 Å². The van der Waals surface area contributed by atoms with Crippen molar-refractivity contribution in [1.29, 1.82) is 0 Å². The number of hydrazine groups is 1. The van der Waals surface area contributed by atoms with Crippen LogP contribution in [-0.4, -0.2) is 16.8 Å². The third-order valence-electron chi connectivity index (χ3n) is 3.52. The molecule has 0 saturated heterocycles. The molecule has 0 bridgehead atoms. The summed E-state index contributed by atoms with van der Waals surface area (Å²) in [6.07, 6.45) is 1.63. The van der Waals surface area contributed by atoms with E-state index in [0.717, 1.165) is 10.9 Å². The first-order valence-electron chi connectivity index (χ1n) is 7.14. The fraction of sp³-hybridized carbons (Fsp3) is 0.0588. The van der Waals surface area contributed by atoms with E-state index in [-0.39, 0.29) is 12.3 Å². The van der Waals surface area contributed by atoms with Crippen molar-refractivity contribution in [3.63, 3.8) is 0 Å². The molecule has 3 rings (SSSR count). The van der Waals surface area contributed by atoms with Gasteiger partial charge in [0, 0.05) is 27.1 Å². The van der Waals surface area contributed by atoms with Gasteiger partial charge in [0.05, 0.1) is 12.0 Å². The Bertz CT molecular complexity index is 921. The molecule has 0 unspecified atom stereocenters. The van der Waals surface area contributed by atoms with Gasteiger partial charge in [0.25, 0.3) is 5.91 Å². The molecule has 3 N–H and O–H groups in total. The number of fused-ring (bicyclic) bond motifs is 1. The van der Waals surface area contributed by atoms with Crippen LogP contribution < -0.4 is 10.9 Å². The molecule has 1 aromatic heterocycles.